The summed E-state index contributed by atoms with van der Waals surface area (Å²) in [7, 11) is 0. The molecular weight excluding hydrogens is 382 g/mol. The number of hydrogen-bond donors (Lipinski definition) is 2. The molecule has 1 unspecified atom stereocenters. The van der Waals surface area contributed by atoms with Gasteiger partial charge < -0.3 is 15.4 Å². The Bertz CT molecular complexity index is 839. The van der Waals surface area contributed by atoms with Crippen LogP contribution in [0.3, 0.4) is 0 Å². The molecule has 0 fully saturated rings. The standard InChI is InChI=1S/C23H33N3O4/c1-7-12-26-15(3)19(21(28)30-8-2)20(25-22(26)29)16-10-9-11-17(13-16)24-18(27)14-23(4,5)6/h9-11,13,20H,7-8,12,14H2,1-6H3,(H,24,27)(H,25,29). The van der Waals surface area contributed by atoms with Crippen molar-refractivity contribution in [2.45, 2.75) is 60.4 Å². The third-order valence-electron chi connectivity index (χ3n) is 4.73. The van der Waals surface area contributed by atoms with Crippen molar-refractivity contribution in [1.29, 1.82) is 0 Å². The molecule has 0 spiro atoms. The number of nitrogens with zero attached hydrogens (tertiary/aromatic N) is 1. The lowest BCUT2D eigenvalue weighted by molar-refractivity contribution is -0.139. The van der Waals surface area contributed by atoms with E-state index in [9.17, 15) is 14.4 Å². The highest BCUT2D eigenvalue weighted by atomic mass is 16.5. The quantitative estimate of drug-likeness (QED) is 0.647. The number of nitrogens with one attached hydrogen (secondary N) is 2. The minimum atomic E-state index is -0.649. The first-order valence-electron chi connectivity index (χ1n) is 10.4. The average molecular weight is 416 g/mol. The lowest BCUT2D eigenvalue weighted by Gasteiger charge is -2.35. The van der Waals surface area contributed by atoms with Crippen molar-refractivity contribution in [2.75, 3.05) is 18.5 Å². The van der Waals surface area contributed by atoms with E-state index in [-0.39, 0.29) is 24.0 Å². The molecule has 7 nitrogen and oxygen atoms in total. The Morgan fingerprint density at radius 1 is 1.23 bits per heavy atom. The number of anilines is 1. The Morgan fingerprint density at radius 3 is 2.53 bits per heavy atom. The van der Waals surface area contributed by atoms with Gasteiger partial charge in [-0.15, -0.1) is 0 Å². The molecule has 0 radical (unpaired) electrons. The second-order valence-electron chi connectivity index (χ2n) is 8.66. The van der Waals surface area contributed by atoms with E-state index in [0.717, 1.165) is 6.42 Å². The molecule has 30 heavy (non-hydrogen) atoms. The molecular formula is C23H33N3O4. The maximum Gasteiger partial charge on any atom is 0.338 e. The second-order valence-corrected chi connectivity index (χ2v) is 8.66. The van der Waals surface area contributed by atoms with Crippen molar-refractivity contribution in [1.82, 2.24) is 10.2 Å². The average Bonchev–Trinajstić information content (AvgIpc) is 2.63. The summed E-state index contributed by atoms with van der Waals surface area (Å²) in [6, 6.07) is 6.29. The summed E-state index contributed by atoms with van der Waals surface area (Å²) < 4.78 is 5.27. The molecule has 1 aromatic rings. The van der Waals surface area contributed by atoms with Crippen molar-refractivity contribution in [3.8, 4) is 0 Å². The van der Waals surface area contributed by atoms with Crippen LogP contribution < -0.4 is 10.6 Å². The zero-order chi connectivity index (χ0) is 22.5. The van der Waals surface area contributed by atoms with Crippen molar-refractivity contribution in [3.63, 3.8) is 0 Å². The van der Waals surface area contributed by atoms with Gasteiger partial charge in [-0.05, 0) is 43.4 Å². The van der Waals surface area contributed by atoms with Gasteiger partial charge in [-0.1, -0.05) is 39.8 Å². The van der Waals surface area contributed by atoms with Crippen LogP contribution in [0.4, 0.5) is 10.5 Å². The lowest BCUT2D eigenvalue weighted by atomic mass is 9.92. The minimum absolute atomic E-state index is 0.0845. The maximum atomic E-state index is 12.7. The van der Waals surface area contributed by atoms with Gasteiger partial charge in [0.2, 0.25) is 5.91 Å². The number of allylic oxidation sites excluding steroid dienone is 1. The van der Waals surface area contributed by atoms with Crippen LogP contribution in [-0.4, -0.2) is 36.0 Å². The molecule has 0 aliphatic carbocycles. The number of benzene rings is 1. The van der Waals surface area contributed by atoms with E-state index < -0.39 is 12.0 Å². The van der Waals surface area contributed by atoms with Crippen molar-refractivity contribution in [2.24, 2.45) is 5.41 Å². The number of rotatable bonds is 7. The summed E-state index contributed by atoms with van der Waals surface area (Å²) in [5, 5.41) is 5.83. The molecule has 3 amide bonds. The fourth-order valence-electron chi connectivity index (χ4n) is 3.48. The molecule has 1 atom stereocenters. The van der Waals surface area contributed by atoms with Crippen LogP contribution in [0.1, 0.15) is 66.0 Å². The summed E-state index contributed by atoms with van der Waals surface area (Å²) in [5.74, 6) is -0.540. The normalized spacial score (nSPS) is 16.9. The van der Waals surface area contributed by atoms with E-state index in [0.29, 0.717) is 35.5 Å². The van der Waals surface area contributed by atoms with Gasteiger partial charge in [0.15, 0.2) is 0 Å². The van der Waals surface area contributed by atoms with Crippen molar-refractivity contribution in [3.05, 3.63) is 41.1 Å². The Hall–Kier alpha value is -2.83. The van der Waals surface area contributed by atoms with E-state index >= 15 is 0 Å². The van der Waals surface area contributed by atoms with Gasteiger partial charge in [-0.2, -0.15) is 0 Å². The smallest absolute Gasteiger partial charge is 0.338 e. The highest BCUT2D eigenvalue weighted by Crippen LogP contribution is 2.32. The number of hydrogen-bond acceptors (Lipinski definition) is 4. The van der Waals surface area contributed by atoms with Crippen molar-refractivity contribution < 1.29 is 19.1 Å². The Morgan fingerprint density at radius 2 is 1.93 bits per heavy atom. The van der Waals surface area contributed by atoms with Crippen LogP contribution in [0.15, 0.2) is 35.5 Å². The topological polar surface area (TPSA) is 87.7 Å². The first-order valence-corrected chi connectivity index (χ1v) is 10.4. The molecule has 1 heterocycles. The van der Waals surface area contributed by atoms with E-state index in [2.05, 4.69) is 10.6 Å². The summed E-state index contributed by atoms with van der Waals surface area (Å²) in [4.78, 5) is 39.3. The van der Waals surface area contributed by atoms with Crippen molar-refractivity contribution >= 4 is 23.6 Å². The number of amides is 3. The number of urea groups is 1. The minimum Gasteiger partial charge on any atom is -0.463 e. The van der Waals surface area contributed by atoms with Gasteiger partial charge in [-0.25, -0.2) is 9.59 Å². The maximum absolute atomic E-state index is 12.7. The zero-order valence-electron chi connectivity index (χ0n) is 18.8. The Labute approximate surface area is 178 Å². The Kier molecular flexibility index (Phi) is 7.65. The van der Waals surface area contributed by atoms with Gasteiger partial charge in [0.25, 0.3) is 0 Å². The fourth-order valence-corrected chi connectivity index (χ4v) is 3.48. The largest absolute Gasteiger partial charge is 0.463 e. The number of carbonyl (C=O) groups is 3. The summed E-state index contributed by atoms with van der Waals surface area (Å²) in [6.07, 6.45) is 1.15. The Balaban J connectivity index is 2.39. The van der Waals surface area contributed by atoms with E-state index in [1.54, 1.807) is 36.9 Å². The van der Waals surface area contributed by atoms with Gasteiger partial charge in [0.05, 0.1) is 18.2 Å². The monoisotopic (exact) mass is 415 g/mol. The van der Waals surface area contributed by atoms with Crippen LogP contribution in [-0.2, 0) is 14.3 Å². The predicted molar refractivity (Wildman–Crippen MR) is 117 cm³/mol. The molecule has 7 heteroatoms. The third-order valence-corrected chi connectivity index (χ3v) is 4.73. The molecule has 1 aromatic carbocycles. The van der Waals surface area contributed by atoms with Gasteiger partial charge in [0.1, 0.15) is 0 Å². The molecule has 0 bridgehead atoms. The van der Waals surface area contributed by atoms with Gasteiger partial charge in [0, 0.05) is 24.4 Å². The molecule has 0 aromatic heterocycles. The third kappa shape index (κ3) is 5.84. The lowest BCUT2D eigenvalue weighted by Crippen LogP contribution is -2.48. The van der Waals surface area contributed by atoms with Crippen LogP contribution in [0.25, 0.3) is 0 Å². The second kappa shape index (κ2) is 9.78. The van der Waals surface area contributed by atoms with E-state index in [1.807, 2.05) is 33.8 Å². The SMILES string of the molecule is CCCN1C(=O)NC(c2cccc(NC(=O)CC(C)(C)C)c2)C(C(=O)OCC)=C1C. The van der Waals surface area contributed by atoms with Crippen LogP contribution in [0.5, 0.6) is 0 Å². The summed E-state index contributed by atoms with van der Waals surface area (Å²) >= 11 is 0. The number of carbonyl (C=O) groups excluding carboxylic acids is 3. The van der Waals surface area contributed by atoms with Crippen LogP contribution in [0, 0.1) is 5.41 Å². The molecule has 2 N–H and O–H groups in total. The molecule has 164 valence electrons. The van der Waals surface area contributed by atoms with E-state index in [4.69, 9.17) is 4.74 Å². The summed E-state index contributed by atoms with van der Waals surface area (Å²) in [6.45, 7) is 12.2. The first kappa shape index (κ1) is 23.4. The highest BCUT2D eigenvalue weighted by Gasteiger charge is 2.36. The fraction of sp³-hybridized carbons (Fsp3) is 0.522. The molecule has 1 aliphatic rings. The number of esters is 1. The summed E-state index contributed by atoms with van der Waals surface area (Å²) in [5.41, 5.74) is 2.19. The van der Waals surface area contributed by atoms with Gasteiger partial charge in [-0.3, -0.25) is 9.69 Å². The molecule has 2 rings (SSSR count). The van der Waals surface area contributed by atoms with Crippen LogP contribution in [0.2, 0.25) is 0 Å². The first-order chi connectivity index (χ1) is 14.1. The number of ether oxygens (including phenoxy) is 1. The van der Waals surface area contributed by atoms with E-state index in [1.165, 1.54) is 0 Å². The van der Waals surface area contributed by atoms with Gasteiger partial charge >= 0.3 is 12.0 Å². The van der Waals surface area contributed by atoms with Crippen LogP contribution >= 0.6 is 0 Å². The predicted octanol–water partition coefficient (Wildman–Crippen LogP) is 4.37. The molecule has 1 aliphatic heterocycles. The molecule has 0 saturated heterocycles. The zero-order valence-corrected chi connectivity index (χ0v) is 18.8. The molecule has 0 saturated carbocycles. The highest BCUT2D eigenvalue weighted by molar-refractivity contribution is 5.95.